The molecule has 0 saturated carbocycles. The molecular weight excluding hydrogens is 299 g/mol. The van der Waals surface area contributed by atoms with Crippen molar-refractivity contribution in [3.8, 4) is 0 Å². The van der Waals surface area contributed by atoms with Gasteiger partial charge in [-0.25, -0.2) is 0 Å². The van der Waals surface area contributed by atoms with Crippen LogP contribution < -0.4 is 0 Å². The fraction of sp³-hybridized carbons (Fsp3) is 0.529. The molecule has 124 valence electrons. The van der Waals surface area contributed by atoms with E-state index >= 15 is 0 Å². The van der Waals surface area contributed by atoms with Gasteiger partial charge in [-0.3, -0.25) is 4.57 Å². The van der Waals surface area contributed by atoms with Gasteiger partial charge in [-0.2, -0.15) is 0 Å². The van der Waals surface area contributed by atoms with Crippen LogP contribution in [0.25, 0.3) is 6.08 Å². The Labute approximate surface area is 134 Å². The molecule has 0 bridgehead atoms. The molecule has 0 N–H and O–H groups in total. The minimum Gasteiger partial charge on any atom is -0.489 e. The minimum atomic E-state index is -3.42. The highest BCUT2D eigenvalue weighted by Gasteiger charge is 2.31. The van der Waals surface area contributed by atoms with E-state index in [9.17, 15) is 4.57 Å². The lowest BCUT2D eigenvalue weighted by molar-refractivity contribution is 0.184. The summed E-state index contributed by atoms with van der Waals surface area (Å²) in [5.41, 5.74) is 1.16. The van der Waals surface area contributed by atoms with Crippen LogP contribution in [0.5, 0.6) is 0 Å². The van der Waals surface area contributed by atoms with Crippen LogP contribution in [-0.4, -0.2) is 20.3 Å². The molecule has 5 heteroatoms. The second kappa shape index (κ2) is 10.6. The number of rotatable bonds is 11. The summed E-state index contributed by atoms with van der Waals surface area (Å²) >= 11 is 0. The van der Waals surface area contributed by atoms with Crippen molar-refractivity contribution < 1.29 is 18.3 Å². The van der Waals surface area contributed by atoms with Crippen molar-refractivity contribution >= 4 is 13.7 Å². The fourth-order valence-electron chi connectivity index (χ4n) is 1.76. The van der Waals surface area contributed by atoms with Crippen LogP contribution in [0.3, 0.4) is 0 Å². The van der Waals surface area contributed by atoms with Gasteiger partial charge in [-0.15, -0.1) is 0 Å². The first kappa shape index (κ1) is 19.0. The van der Waals surface area contributed by atoms with Crippen LogP contribution in [0.4, 0.5) is 0 Å². The van der Waals surface area contributed by atoms with Crippen molar-refractivity contribution in [2.45, 2.75) is 39.5 Å². The monoisotopic (exact) mass is 326 g/mol. The van der Waals surface area contributed by atoms with Gasteiger partial charge in [0.25, 0.3) is 0 Å². The van der Waals surface area contributed by atoms with E-state index in [1.54, 1.807) is 6.08 Å². The minimum absolute atomic E-state index is 0.255. The molecule has 1 aromatic carbocycles. The molecule has 0 spiro atoms. The summed E-state index contributed by atoms with van der Waals surface area (Å²) in [6.45, 7) is 4.91. The third-order valence-electron chi connectivity index (χ3n) is 3.09. The van der Waals surface area contributed by atoms with E-state index in [0.717, 1.165) is 31.2 Å². The molecule has 1 rings (SSSR count). The summed E-state index contributed by atoms with van der Waals surface area (Å²) in [6.07, 6.45) is 5.34. The maximum absolute atomic E-state index is 13.1. The molecule has 0 fully saturated rings. The molecule has 0 aliphatic carbocycles. The lowest BCUT2D eigenvalue weighted by Gasteiger charge is -2.20. The fourth-order valence-corrected chi connectivity index (χ4v) is 3.36. The zero-order valence-electron chi connectivity index (χ0n) is 13.8. The van der Waals surface area contributed by atoms with Gasteiger partial charge >= 0.3 is 7.60 Å². The van der Waals surface area contributed by atoms with Gasteiger partial charge in [0.05, 0.1) is 20.3 Å². The normalized spacial score (nSPS) is 12.4. The number of hydrogen-bond acceptors (Lipinski definition) is 4. The smallest absolute Gasteiger partial charge is 0.395 e. The molecule has 22 heavy (non-hydrogen) atoms. The largest absolute Gasteiger partial charge is 0.489 e. The highest BCUT2D eigenvalue weighted by atomic mass is 31.2. The SMILES string of the molecule is CCCCOP(=O)(OCCCC)C(=Cc1ccccc1)OC. The lowest BCUT2D eigenvalue weighted by atomic mass is 10.2. The second-order valence-electron chi connectivity index (χ2n) is 4.97. The van der Waals surface area contributed by atoms with Gasteiger partial charge in [0.1, 0.15) is 0 Å². The summed E-state index contributed by atoms with van der Waals surface area (Å²) < 4.78 is 29.6. The third-order valence-corrected chi connectivity index (χ3v) is 4.98. The Kier molecular flexibility index (Phi) is 9.14. The summed E-state index contributed by atoms with van der Waals surface area (Å²) in [6, 6.07) is 9.60. The van der Waals surface area contributed by atoms with E-state index in [1.807, 2.05) is 30.3 Å². The van der Waals surface area contributed by atoms with Crippen LogP contribution >= 0.6 is 7.60 Å². The Balaban J connectivity index is 2.94. The zero-order valence-corrected chi connectivity index (χ0v) is 14.7. The Morgan fingerprint density at radius 1 is 1.05 bits per heavy atom. The summed E-state index contributed by atoms with van der Waals surface area (Å²) in [5.74, 6) is 0. The quantitative estimate of drug-likeness (QED) is 0.308. The predicted octanol–water partition coefficient (Wildman–Crippen LogP) is 5.46. The number of unbranched alkanes of at least 4 members (excludes halogenated alkanes) is 2. The molecule has 0 aromatic heterocycles. The van der Waals surface area contributed by atoms with Crippen LogP contribution in [0, 0.1) is 0 Å². The average molecular weight is 326 g/mol. The van der Waals surface area contributed by atoms with Gasteiger partial charge in [-0.1, -0.05) is 57.0 Å². The average Bonchev–Trinajstić information content (AvgIpc) is 2.54. The molecule has 0 radical (unpaired) electrons. The van der Waals surface area contributed by atoms with E-state index < -0.39 is 7.60 Å². The Hall–Kier alpha value is -1.09. The molecule has 0 saturated heterocycles. The molecule has 0 atom stereocenters. The Morgan fingerprint density at radius 2 is 1.59 bits per heavy atom. The summed E-state index contributed by atoms with van der Waals surface area (Å²) in [4.78, 5) is 0. The number of hydrogen-bond donors (Lipinski definition) is 0. The van der Waals surface area contributed by atoms with E-state index in [4.69, 9.17) is 13.8 Å². The van der Waals surface area contributed by atoms with Crippen molar-refractivity contribution in [1.29, 1.82) is 0 Å². The van der Waals surface area contributed by atoms with Gasteiger partial charge in [-0.05, 0) is 24.5 Å². The number of methoxy groups -OCH3 is 1. The molecule has 0 amide bonds. The van der Waals surface area contributed by atoms with Gasteiger partial charge in [0.15, 0.2) is 0 Å². The summed E-state index contributed by atoms with van der Waals surface area (Å²) in [7, 11) is -1.92. The molecule has 0 aliphatic heterocycles. The van der Waals surface area contributed by atoms with Gasteiger partial charge in [0.2, 0.25) is 5.50 Å². The standard InChI is InChI=1S/C17H27O4P/c1-4-6-13-20-22(18,21-14-7-5-2)17(19-3)15-16-11-9-8-10-12-16/h8-12,15H,4-7,13-14H2,1-3H3. The first-order valence-electron chi connectivity index (χ1n) is 7.86. The van der Waals surface area contributed by atoms with Crippen LogP contribution in [-0.2, 0) is 18.3 Å². The zero-order chi connectivity index (χ0) is 16.3. The van der Waals surface area contributed by atoms with Crippen LogP contribution in [0.2, 0.25) is 0 Å². The van der Waals surface area contributed by atoms with Crippen molar-refractivity contribution in [2.75, 3.05) is 20.3 Å². The number of benzene rings is 1. The molecule has 0 heterocycles. The maximum atomic E-state index is 13.1. The Bertz CT molecular complexity index is 471. The molecule has 4 nitrogen and oxygen atoms in total. The third kappa shape index (κ3) is 6.35. The molecule has 1 aromatic rings. The first-order valence-corrected chi connectivity index (χ1v) is 9.41. The lowest BCUT2D eigenvalue weighted by Crippen LogP contribution is -2.03. The molecular formula is C17H27O4P. The molecule has 0 unspecified atom stereocenters. The second-order valence-corrected chi connectivity index (χ2v) is 6.92. The van der Waals surface area contributed by atoms with E-state index in [0.29, 0.717) is 13.2 Å². The van der Waals surface area contributed by atoms with Crippen molar-refractivity contribution in [3.63, 3.8) is 0 Å². The first-order chi connectivity index (χ1) is 10.7. The predicted molar refractivity (Wildman–Crippen MR) is 90.8 cm³/mol. The van der Waals surface area contributed by atoms with Gasteiger partial charge < -0.3 is 13.8 Å². The van der Waals surface area contributed by atoms with Crippen molar-refractivity contribution in [1.82, 2.24) is 0 Å². The topological polar surface area (TPSA) is 44.8 Å². The van der Waals surface area contributed by atoms with Crippen LogP contribution in [0.15, 0.2) is 35.8 Å². The maximum Gasteiger partial charge on any atom is 0.395 e. The summed E-state index contributed by atoms with van der Waals surface area (Å²) in [5, 5.41) is 0. The van der Waals surface area contributed by atoms with Crippen LogP contribution in [0.1, 0.15) is 45.1 Å². The van der Waals surface area contributed by atoms with Crippen molar-refractivity contribution in [2.24, 2.45) is 0 Å². The number of ether oxygens (including phenoxy) is 1. The van der Waals surface area contributed by atoms with E-state index in [-0.39, 0.29) is 5.50 Å². The van der Waals surface area contributed by atoms with Gasteiger partial charge in [0, 0.05) is 0 Å². The Morgan fingerprint density at radius 3 is 2.05 bits per heavy atom. The van der Waals surface area contributed by atoms with Crippen molar-refractivity contribution in [3.05, 3.63) is 41.4 Å². The highest BCUT2D eigenvalue weighted by Crippen LogP contribution is 2.57. The van der Waals surface area contributed by atoms with E-state index in [1.165, 1.54) is 7.11 Å². The highest BCUT2D eigenvalue weighted by molar-refractivity contribution is 7.58. The van der Waals surface area contributed by atoms with E-state index in [2.05, 4.69) is 13.8 Å². The molecule has 0 aliphatic rings.